The summed E-state index contributed by atoms with van der Waals surface area (Å²) in [5.74, 6) is 0.644. The summed E-state index contributed by atoms with van der Waals surface area (Å²) in [6.45, 7) is 6.37. The first-order chi connectivity index (χ1) is 13.0. The lowest BCUT2D eigenvalue weighted by Crippen LogP contribution is -2.29. The Morgan fingerprint density at radius 2 is 1.74 bits per heavy atom. The van der Waals surface area contributed by atoms with E-state index in [1.165, 1.54) is 0 Å². The largest absolute Gasteiger partial charge is 0.491 e. The van der Waals surface area contributed by atoms with E-state index in [-0.39, 0.29) is 24.0 Å². The molecule has 0 spiro atoms. The number of carbonyl (C=O) groups is 2. The van der Waals surface area contributed by atoms with Crippen LogP contribution in [-0.2, 0) is 4.79 Å². The highest BCUT2D eigenvalue weighted by atomic mass is 16.5. The van der Waals surface area contributed by atoms with E-state index >= 15 is 0 Å². The van der Waals surface area contributed by atoms with Crippen LogP contribution in [0.4, 0.5) is 0 Å². The van der Waals surface area contributed by atoms with Crippen LogP contribution >= 0.6 is 0 Å². The molecule has 2 amide bonds. The van der Waals surface area contributed by atoms with Crippen LogP contribution in [0.15, 0.2) is 54.6 Å². The summed E-state index contributed by atoms with van der Waals surface area (Å²) in [5, 5.41) is 5.82. The molecule has 144 valence electrons. The fourth-order valence-electron chi connectivity index (χ4n) is 2.67. The fraction of sp³-hybridized carbons (Fsp3) is 0.364. The van der Waals surface area contributed by atoms with Gasteiger partial charge in [-0.2, -0.15) is 0 Å². The third kappa shape index (κ3) is 7.13. The van der Waals surface area contributed by atoms with Crippen molar-refractivity contribution < 1.29 is 14.3 Å². The molecule has 2 rings (SSSR count). The van der Waals surface area contributed by atoms with Gasteiger partial charge in [-0.3, -0.25) is 9.59 Å². The average molecular weight is 368 g/mol. The third-order valence-corrected chi connectivity index (χ3v) is 4.01. The SMILES string of the molecule is CC(C)Oc1cccc(C(C)NC(=O)CCCNC(=O)c2ccccc2)c1. The van der Waals surface area contributed by atoms with Crippen LogP contribution in [-0.4, -0.2) is 24.5 Å². The summed E-state index contributed by atoms with van der Waals surface area (Å²) in [5.41, 5.74) is 1.62. The van der Waals surface area contributed by atoms with Gasteiger partial charge in [0.2, 0.25) is 5.91 Å². The van der Waals surface area contributed by atoms with E-state index in [1.54, 1.807) is 12.1 Å². The molecule has 0 aliphatic carbocycles. The van der Waals surface area contributed by atoms with Gasteiger partial charge in [-0.1, -0.05) is 30.3 Å². The first-order valence-electron chi connectivity index (χ1n) is 9.35. The molecule has 0 radical (unpaired) electrons. The number of hydrogen-bond acceptors (Lipinski definition) is 3. The molecule has 27 heavy (non-hydrogen) atoms. The van der Waals surface area contributed by atoms with Gasteiger partial charge in [0.05, 0.1) is 12.1 Å². The number of rotatable bonds is 9. The summed E-state index contributed by atoms with van der Waals surface area (Å²) in [6.07, 6.45) is 1.06. The van der Waals surface area contributed by atoms with Crippen molar-refractivity contribution in [3.05, 3.63) is 65.7 Å². The normalized spacial score (nSPS) is 11.7. The number of amides is 2. The molecule has 0 saturated carbocycles. The molecule has 0 heterocycles. The second-order valence-electron chi connectivity index (χ2n) is 6.75. The van der Waals surface area contributed by atoms with Gasteiger partial charge >= 0.3 is 0 Å². The highest BCUT2D eigenvalue weighted by Crippen LogP contribution is 2.20. The molecule has 0 aromatic heterocycles. The Balaban J connectivity index is 1.73. The number of ether oxygens (including phenoxy) is 1. The molecule has 2 aromatic carbocycles. The van der Waals surface area contributed by atoms with Crippen molar-refractivity contribution >= 4 is 11.8 Å². The maximum absolute atomic E-state index is 12.1. The smallest absolute Gasteiger partial charge is 0.251 e. The van der Waals surface area contributed by atoms with Crippen molar-refractivity contribution in [3.8, 4) is 5.75 Å². The minimum atomic E-state index is -0.119. The van der Waals surface area contributed by atoms with Crippen LogP contribution in [0.5, 0.6) is 5.75 Å². The van der Waals surface area contributed by atoms with Gasteiger partial charge in [-0.15, -0.1) is 0 Å². The van der Waals surface area contributed by atoms with Gasteiger partial charge in [0, 0.05) is 18.5 Å². The number of hydrogen-bond donors (Lipinski definition) is 2. The van der Waals surface area contributed by atoms with Crippen molar-refractivity contribution in [2.75, 3.05) is 6.54 Å². The van der Waals surface area contributed by atoms with Crippen molar-refractivity contribution in [1.82, 2.24) is 10.6 Å². The van der Waals surface area contributed by atoms with Crippen molar-refractivity contribution in [2.24, 2.45) is 0 Å². The van der Waals surface area contributed by atoms with Crippen LogP contribution < -0.4 is 15.4 Å². The molecular weight excluding hydrogens is 340 g/mol. The average Bonchev–Trinajstić information content (AvgIpc) is 2.65. The first-order valence-corrected chi connectivity index (χ1v) is 9.35. The molecule has 0 aliphatic rings. The molecule has 0 saturated heterocycles. The van der Waals surface area contributed by atoms with Gasteiger partial charge in [-0.25, -0.2) is 0 Å². The highest BCUT2D eigenvalue weighted by molar-refractivity contribution is 5.94. The zero-order chi connectivity index (χ0) is 19.6. The van der Waals surface area contributed by atoms with Gasteiger partial charge < -0.3 is 15.4 Å². The highest BCUT2D eigenvalue weighted by Gasteiger charge is 2.11. The Morgan fingerprint density at radius 3 is 2.44 bits per heavy atom. The molecule has 0 fully saturated rings. The quantitative estimate of drug-likeness (QED) is 0.661. The third-order valence-electron chi connectivity index (χ3n) is 4.01. The Hall–Kier alpha value is -2.82. The summed E-state index contributed by atoms with van der Waals surface area (Å²) >= 11 is 0. The first kappa shape index (κ1) is 20.5. The van der Waals surface area contributed by atoms with E-state index in [4.69, 9.17) is 4.74 Å². The molecule has 0 bridgehead atoms. The predicted molar refractivity (Wildman–Crippen MR) is 107 cm³/mol. The molecule has 5 nitrogen and oxygen atoms in total. The van der Waals surface area contributed by atoms with Crippen LogP contribution in [0.3, 0.4) is 0 Å². The molecule has 1 atom stereocenters. The van der Waals surface area contributed by atoms with E-state index < -0.39 is 0 Å². The number of benzene rings is 2. The topological polar surface area (TPSA) is 67.4 Å². The maximum Gasteiger partial charge on any atom is 0.251 e. The lowest BCUT2D eigenvalue weighted by Gasteiger charge is -2.16. The number of nitrogens with one attached hydrogen (secondary N) is 2. The van der Waals surface area contributed by atoms with Crippen LogP contribution in [0.25, 0.3) is 0 Å². The lowest BCUT2D eigenvalue weighted by molar-refractivity contribution is -0.121. The predicted octanol–water partition coefficient (Wildman–Crippen LogP) is 3.86. The minimum Gasteiger partial charge on any atom is -0.491 e. The molecular formula is C22H28N2O3. The Labute approximate surface area is 161 Å². The number of carbonyl (C=O) groups excluding carboxylic acids is 2. The van der Waals surface area contributed by atoms with E-state index in [0.717, 1.165) is 11.3 Å². The fourth-order valence-corrected chi connectivity index (χ4v) is 2.67. The van der Waals surface area contributed by atoms with E-state index in [1.807, 2.05) is 63.2 Å². The second-order valence-corrected chi connectivity index (χ2v) is 6.75. The standard InChI is InChI=1S/C22H28N2O3/c1-16(2)27-20-12-7-11-19(15-20)17(3)24-21(25)13-8-14-23-22(26)18-9-5-4-6-10-18/h4-7,9-12,15-17H,8,13-14H2,1-3H3,(H,23,26)(H,24,25). The summed E-state index contributed by atoms with van der Waals surface area (Å²) in [6, 6.07) is 16.7. The van der Waals surface area contributed by atoms with E-state index in [9.17, 15) is 9.59 Å². The van der Waals surface area contributed by atoms with E-state index in [2.05, 4.69) is 10.6 Å². The zero-order valence-corrected chi connectivity index (χ0v) is 16.2. The van der Waals surface area contributed by atoms with Crippen LogP contribution in [0.2, 0.25) is 0 Å². The zero-order valence-electron chi connectivity index (χ0n) is 16.2. The molecule has 5 heteroatoms. The second kappa shape index (κ2) is 10.4. The Morgan fingerprint density at radius 1 is 1.00 bits per heavy atom. The maximum atomic E-state index is 12.1. The molecule has 2 N–H and O–H groups in total. The summed E-state index contributed by atoms with van der Waals surface area (Å²) in [7, 11) is 0. The molecule has 0 aliphatic heterocycles. The molecule has 1 unspecified atom stereocenters. The van der Waals surface area contributed by atoms with Gasteiger partial charge in [0.25, 0.3) is 5.91 Å². The minimum absolute atomic E-state index is 0.0355. The lowest BCUT2D eigenvalue weighted by atomic mass is 10.1. The van der Waals surface area contributed by atoms with Gasteiger partial charge in [0.1, 0.15) is 5.75 Å². The van der Waals surface area contributed by atoms with Gasteiger partial charge in [-0.05, 0) is 57.0 Å². The Bertz CT molecular complexity index is 744. The summed E-state index contributed by atoms with van der Waals surface area (Å²) < 4.78 is 5.70. The van der Waals surface area contributed by atoms with Crippen molar-refractivity contribution in [2.45, 2.75) is 45.8 Å². The van der Waals surface area contributed by atoms with Gasteiger partial charge in [0.15, 0.2) is 0 Å². The van der Waals surface area contributed by atoms with Crippen molar-refractivity contribution in [3.63, 3.8) is 0 Å². The summed E-state index contributed by atoms with van der Waals surface area (Å²) in [4.78, 5) is 24.1. The van der Waals surface area contributed by atoms with E-state index in [0.29, 0.717) is 24.9 Å². The van der Waals surface area contributed by atoms with Crippen LogP contribution in [0.1, 0.15) is 55.6 Å². The molecule has 2 aromatic rings. The van der Waals surface area contributed by atoms with Crippen LogP contribution in [0, 0.1) is 0 Å². The van der Waals surface area contributed by atoms with Crippen molar-refractivity contribution in [1.29, 1.82) is 0 Å². The Kier molecular flexibility index (Phi) is 7.86. The monoisotopic (exact) mass is 368 g/mol.